The smallest absolute Gasteiger partial charge is 0.162 e. The van der Waals surface area contributed by atoms with E-state index in [9.17, 15) is 15.3 Å². The van der Waals surface area contributed by atoms with E-state index in [1.54, 1.807) is 4.90 Å². The van der Waals surface area contributed by atoms with E-state index in [1.807, 2.05) is 0 Å². The lowest BCUT2D eigenvalue weighted by Crippen LogP contribution is -2.59. The molecule has 9 nitrogen and oxygen atoms in total. The Hall–Kier alpha value is -1.39. The van der Waals surface area contributed by atoms with Gasteiger partial charge in [0.15, 0.2) is 17.7 Å². The van der Waals surface area contributed by atoms with Gasteiger partial charge in [-0.1, -0.05) is 19.3 Å². The maximum absolute atomic E-state index is 10.3. The summed E-state index contributed by atoms with van der Waals surface area (Å²) in [5, 5.41) is 29.6. The van der Waals surface area contributed by atoms with Crippen molar-refractivity contribution < 1.29 is 20.1 Å². The second kappa shape index (κ2) is 6.40. The van der Waals surface area contributed by atoms with E-state index in [-0.39, 0.29) is 19.2 Å². The van der Waals surface area contributed by atoms with Gasteiger partial charge in [0.25, 0.3) is 0 Å². The first kappa shape index (κ1) is 17.0. The van der Waals surface area contributed by atoms with Gasteiger partial charge in [-0.2, -0.15) is 0 Å². The van der Waals surface area contributed by atoms with Gasteiger partial charge in [-0.15, -0.1) is 0 Å². The average molecular weight is 351 g/mol. The molecule has 1 unspecified atom stereocenters. The maximum Gasteiger partial charge on any atom is 0.162 e. The Bertz CT molecular complexity index is 618. The standard InChI is InChI=1S/C16H25N5O4/c17-16(9-4-2-1-3-5-9)13-14(18-7-20-16)21(8-19-13)15-12(24)11(23)10(6-22)25-15/h7,9-12,15,22-24H,1-6,8,17H2/t10-,11-,12-,15-,16?/m1/s1. The summed E-state index contributed by atoms with van der Waals surface area (Å²) in [6, 6.07) is 0. The normalized spacial score (nSPS) is 41.7. The molecule has 0 bridgehead atoms. The quantitative estimate of drug-likeness (QED) is 0.505. The molecule has 4 aliphatic rings. The van der Waals surface area contributed by atoms with Crippen molar-refractivity contribution in [2.45, 2.75) is 62.3 Å². The Morgan fingerprint density at radius 3 is 2.68 bits per heavy atom. The Labute approximate surface area is 145 Å². The molecule has 1 aliphatic carbocycles. The Morgan fingerprint density at radius 1 is 1.24 bits per heavy atom. The number of ether oxygens (including phenoxy) is 1. The number of hydrogen-bond donors (Lipinski definition) is 4. The lowest BCUT2D eigenvalue weighted by Gasteiger charge is -2.38. The highest BCUT2D eigenvalue weighted by Crippen LogP contribution is 2.37. The van der Waals surface area contributed by atoms with Crippen molar-refractivity contribution in [2.24, 2.45) is 26.6 Å². The second-order valence-electron chi connectivity index (χ2n) is 7.20. The minimum atomic E-state index is -1.16. The number of fused-ring (bicyclic) bond motifs is 1. The van der Waals surface area contributed by atoms with Crippen molar-refractivity contribution in [1.29, 1.82) is 0 Å². The van der Waals surface area contributed by atoms with Crippen molar-refractivity contribution in [1.82, 2.24) is 4.90 Å². The van der Waals surface area contributed by atoms with Crippen LogP contribution in [0.2, 0.25) is 0 Å². The Kier molecular flexibility index (Phi) is 4.37. The highest BCUT2D eigenvalue weighted by molar-refractivity contribution is 6.47. The molecule has 3 heterocycles. The van der Waals surface area contributed by atoms with Crippen LogP contribution >= 0.6 is 0 Å². The number of amidine groups is 1. The lowest BCUT2D eigenvalue weighted by atomic mass is 9.77. The van der Waals surface area contributed by atoms with Gasteiger partial charge in [-0.3, -0.25) is 4.99 Å². The molecule has 0 radical (unpaired) electrons. The van der Waals surface area contributed by atoms with E-state index < -0.39 is 30.2 Å². The van der Waals surface area contributed by atoms with Crippen molar-refractivity contribution >= 4 is 17.9 Å². The van der Waals surface area contributed by atoms with Gasteiger partial charge in [-0.05, 0) is 12.8 Å². The Morgan fingerprint density at radius 2 is 2.00 bits per heavy atom. The van der Waals surface area contributed by atoms with E-state index in [0.717, 1.165) is 25.7 Å². The third kappa shape index (κ3) is 2.61. The van der Waals surface area contributed by atoms with Gasteiger partial charge >= 0.3 is 0 Å². The molecule has 0 spiro atoms. The van der Waals surface area contributed by atoms with Crippen molar-refractivity contribution in [3.8, 4) is 0 Å². The topological polar surface area (TPSA) is 136 Å². The van der Waals surface area contributed by atoms with Crippen LogP contribution in [0.15, 0.2) is 15.0 Å². The second-order valence-corrected chi connectivity index (χ2v) is 7.20. The highest BCUT2D eigenvalue weighted by atomic mass is 16.6. The number of nitrogens with two attached hydrogens (primary N) is 1. The van der Waals surface area contributed by atoms with Gasteiger partial charge in [0.2, 0.25) is 0 Å². The van der Waals surface area contributed by atoms with Crippen LogP contribution in [0.1, 0.15) is 32.1 Å². The molecule has 1 saturated carbocycles. The van der Waals surface area contributed by atoms with Gasteiger partial charge < -0.3 is 30.7 Å². The summed E-state index contributed by atoms with van der Waals surface area (Å²) in [5.41, 5.74) is 6.39. The first-order valence-corrected chi connectivity index (χ1v) is 8.91. The van der Waals surface area contributed by atoms with Crippen LogP contribution in [-0.2, 0) is 4.74 Å². The fraction of sp³-hybridized carbons (Fsp3) is 0.812. The molecule has 25 heavy (non-hydrogen) atoms. The predicted octanol–water partition coefficient (Wildman–Crippen LogP) is -1.18. The van der Waals surface area contributed by atoms with E-state index in [1.165, 1.54) is 12.8 Å². The molecular weight excluding hydrogens is 326 g/mol. The third-order valence-corrected chi connectivity index (χ3v) is 5.75. The highest BCUT2D eigenvalue weighted by Gasteiger charge is 2.52. The summed E-state index contributed by atoms with van der Waals surface area (Å²) in [5.74, 6) is 0.754. The zero-order valence-corrected chi connectivity index (χ0v) is 14.0. The summed E-state index contributed by atoms with van der Waals surface area (Å²) in [6.07, 6.45) is 3.00. The molecule has 5 atom stereocenters. The number of aliphatic imine (C=N–C) groups is 3. The van der Waals surface area contributed by atoms with Gasteiger partial charge in [-0.25, -0.2) is 9.98 Å². The molecule has 9 heteroatoms. The monoisotopic (exact) mass is 351 g/mol. The Balaban J connectivity index is 1.57. The molecular formula is C16H25N5O4. The molecule has 138 valence electrons. The number of nitrogens with zero attached hydrogens (tertiary/aromatic N) is 4. The summed E-state index contributed by atoms with van der Waals surface area (Å²) in [7, 11) is 0. The zero-order chi connectivity index (χ0) is 17.6. The number of aliphatic hydroxyl groups is 3. The lowest BCUT2D eigenvalue weighted by molar-refractivity contribution is -0.0688. The molecule has 1 saturated heterocycles. The molecule has 0 aromatic rings. The third-order valence-electron chi connectivity index (χ3n) is 5.75. The van der Waals surface area contributed by atoms with Gasteiger partial charge in [0.1, 0.15) is 37.0 Å². The molecule has 3 aliphatic heterocycles. The molecule has 0 aromatic heterocycles. The summed E-state index contributed by atoms with van der Waals surface area (Å²) < 4.78 is 5.62. The van der Waals surface area contributed by atoms with E-state index in [2.05, 4.69) is 15.0 Å². The molecule has 2 fully saturated rings. The predicted molar refractivity (Wildman–Crippen MR) is 91.3 cm³/mol. The van der Waals surface area contributed by atoms with Crippen LogP contribution in [0.25, 0.3) is 0 Å². The van der Waals surface area contributed by atoms with E-state index in [0.29, 0.717) is 11.5 Å². The van der Waals surface area contributed by atoms with Crippen LogP contribution < -0.4 is 5.73 Å². The fourth-order valence-electron chi connectivity index (χ4n) is 4.28. The maximum atomic E-state index is 10.3. The van der Waals surface area contributed by atoms with Gasteiger partial charge in [0.05, 0.1) is 6.61 Å². The molecule has 0 amide bonds. The number of hydrogen-bond acceptors (Lipinski definition) is 9. The number of rotatable bonds is 3. The zero-order valence-electron chi connectivity index (χ0n) is 14.0. The summed E-state index contributed by atoms with van der Waals surface area (Å²) in [4.78, 5) is 15.0. The van der Waals surface area contributed by atoms with Crippen molar-refractivity contribution in [3.63, 3.8) is 0 Å². The van der Waals surface area contributed by atoms with Crippen LogP contribution in [0.4, 0.5) is 0 Å². The molecule has 0 aromatic carbocycles. The average Bonchev–Trinajstić information content (AvgIpc) is 3.19. The minimum Gasteiger partial charge on any atom is -0.394 e. The number of aliphatic hydroxyl groups excluding tert-OH is 3. The molecule has 5 N–H and O–H groups in total. The van der Waals surface area contributed by atoms with E-state index >= 15 is 0 Å². The van der Waals surface area contributed by atoms with Gasteiger partial charge in [0, 0.05) is 5.92 Å². The van der Waals surface area contributed by atoms with Crippen LogP contribution in [0.3, 0.4) is 0 Å². The van der Waals surface area contributed by atoms with Crippen molar-refractivity contribution in [3.05, 3.63) is 0 Å². The largest absolute Gasteiger partial charge is 0.394 e. The van der Waals surface area contributed by atoms with Crippen LogP contribution in [0.5, 0.6) is 0 Å². The van der Waals surface area contributed by atoms with Crippen molar-refractivity contribution in [2.75, 3.05) is 13.3 Å². The molecule has 4 rings (SSSR count). The summed E-state index contributed by atoms with van der Waals surface area (Å²) in [6.45, 7) is -0.136. The first-order valence-electron chi connectivity index (χ1n) is 8.91. The minimum absolute atomic E-state index is 0.215. The fourth-order valence-corrected chi connectivity index (χ4v) is 4.28. The SMILES string of the molecule is NC1(C2CCCCC2)N=CN=C2C1=NCN2[C@@H]1O[C@H](CO)[C@@H](O)[C@H]1O. The van der Waals surface area contributed by atoms with Crippen LogP contribution in [0, 0.1) is 5.92 Å². The van der Waals surface area contributed by atoms with E-state index in [4.69, 9.17) is 10.5 Å². The summed E-state index contributed by atoms with van der Waals surface area (Å²) >= 11 is 0. The first-order chi connectivity index (χ1) is 12.1. The van der Waals surface area contributed by atoms with Crippen LogP contribution in [-0.4, -0.2) is 81.6 Å².